The maximum absolute atomic E-state index is 11.9. The van der Waals surface area contributed by atoms with Crippen molar-refractivity contribution in [2.24, 2.45) is 5.73 Å². The van der Waals surface area contributed by atoms with Crippen molar-refractivity contribution in [3.8, 4) is 0 Å². The summed E-state index contributed by atoms with van der Waals surface area (Å²) in [5, 5.41) is 0.456. The van der Waals surface area contributed by atoms with Gasteiger partial charge in [-0.05, 0) is 18.2 Å². The van der Waals surface area contributed by atoms with Gasteiger partial charge in [-0.1, -0.05) is 11.6 Å². The van der Waals surface area contributed by atoms with Crippen molar-refractivity contribution in [2.45, 2.75) is 12.5 Å². The molecule has 0 heterocycles. The Kier molecular flexibility index (Phi) is 4.69. The lowest BCUT2D eigenvalue weighted by atomic mass is 10.0. The molecule has 0 radical (unpaired) electrons. The summed E-state index contributed by atoms with van der Waals surface area (Å²) in [6.45, 7) is 0. The van der Waals surface area contributed by atoms with Gasteiger partial charge in [0.2, 0.25) is 5.91 Å². The molecular formula is C12H16ClN3O2. The van der Waals surface area contributed by atoms with Gasteiger partial charge < -0.3 is 16.4 Å². The summed E-state index contributed by atoms with van der Waals surface area (Å²) < 4.78 is 0. The van der Waals surface area contributed by atoms with E-state index in [0.29, 0.717) is 10.6 Å². The van der Waals surface area contributed by atoms with Gasteiger partial charge in [0, 0.05) is 36.8 Å². The van der Waals surface area contributed by atoms with E-state index in [9.17, 15) is 9.59 Å². The van der Waals surface area contributed by atoms with Gasteiger partial charge in [0.15, 0.2) is 5.78 Å². The number of ketones is 1. The highest BCUT2D eigenvalue weighted by Crippen LogP contribution is 2.19. The van der Waals surface area contributed by atoms with E-state index in [0.717, 1.165) is 0 Å². The molecule has 0 bridgehead atoms. The molecule has 0 aliphatic carbocycles. The molecule has 0 spiro atoms. The molecule has 0 aromatic heterocycles. The number of halogens is 1. The molecule has 1 aromatic carbocycles. The fourth-order valence-corrected chi connectivity index (χ4v) is 1.70. The largest absolute Gasteiger partial charge is 0.398 e. The van der Waals surface area contributed by atoms with Crippen LogP contribution in [0.15, 0.2) is 18.2 Å². The van der Waals surface area contributed by atoms with Gasteiger partial charge in [-0.3, -0.25) is 9.59 Å². The molecular weight excluding hydrogens is 254 g/mol. The number of Topliss-reactive ketones (excluding diaryl/α,β-unsaturated/α-hetero) is 1. The van der Waals surface area contributed by atoms with E-state index >= 15 is 0 Å². The number of nitrogens with two attached hydrogens (primary N) is 2. The van der Waals surface area contributed by atoms with E-state index in [1.807, 2.05) is 0 Å². The molecule has 6 heteroatoms. The molecule has 1 aromatic rings. The number of likely N-dealkylation sites (N-methyl/N-ethyl adjacent to an activating group) is 1. The van der Waals surface area contributed by atoms with Crippen LogP contribution in [0.25, 0.3) is 0 Å². The minimum absolute atomic E-state index is 0.0805. The predicted octanol–water partition coefficient (Wildman–Crippen LogP) is 0.911. The first-order valence-corrected chi connectivity index (χ1v) is 5.75. The lowest BCUT2D eigenvalue weighted by Crippen LogP contribution is -2.41. The summed E-state index contributed by atoms with van der Waals surface area (Å²) in [4.78, 5) is 24.8. The van der Waals surface area contributed by atoms with Crippen LogP contribution in [0.2, 0.25) is 5.02 Å². The zero-order chi connectivity index (χ0) is 13.9. The zero-order valence-electron chi connectivity index (χ0n) is 10.3. The van der Waals surface area contributed by atoms with Gasteiger partial charge >= 0.3 is 0 Å². The molecule has 1 rings (SSSR count). The Morgan fingerprint density at radius 2 is 2.00 bits per heavy atom. The van der Waals surface area contributed by atoms with Gasteiger partial charge in [-0.25, -0.2) is 0 Å². The number of carbonyl (C=O) groups is 2. The van der Waals surface area contributed by atoms with Gasteiger partial charge in [0.05, 0.1) is 6.04 Å². The average molecular weight is 270 g/mol. The van der Waals surface area contributed by atoms with Crippen molar-refractivity contribution in [3.63, 3.8) is 0 Å². The summed E-state index contributed by atoms with van der Waals surface area (Å²) in [7, 11) is 3.17. The third-order valence-electron chi connectivity index (χ3n) is 2.48. The summed E-state index contributed by atoms with van der Waals surface area (Å²) in [5.74, 6) is -0.567. The van der Waals surface area contributed by atoms with E-state index in [4.69, 9.17) is 23.1 Å². The second-order valence-corrected chi connectivity index (χ2v) is 4.63. The van der Waals surface area contributed by atoms with Crippen LogP contribution in [-0.4, -0.2) is 36.7 Å². The Labute approximate surface area is 111 Å². The molecule has 0 saturated carbocycles. The first-order chi connectivity index (χ1) is 8.32. The van der Waals surface area contributed by atoms with Gasteiger partial charge in [0.1, 0.15) is 0 Å². The molecule has 18 heavy (non-hydrogen) atoms. The number of carbonyl (C=O) groups excluding carboxylic acids is 2. The van der Waals surface area contributed by atoms with Gasteiger partial charge in [-0.2, -0.15) is 0 Å². The fourth-order valence-electron chi connectivity index (χ4n) is 1.52. The van der Waals surface area contributed by atoms with E-state index in [-0.39, 0.29) is 23.8 Å². The van der Waals surface area contributed by atoms with Crippen LogP contribution in [0, 0.1) is 0 Å². The third kappa shape index (κ3) is 3.45. The lowest BCUT2D eigenvalue weighted by Gasteiger charge is -2.16. The minimum atomic E-state index is -0.859. The Morgan fingerprint density at radius 3 is 2.50 bits per heavy atom. The minimum Gasteiger partial charge on any atom is -0.398 e. The number of nitrogen functional groups attached to an aromatic ring is 1. The van der Waals surface area contributed by atoms with Crippen molar-refractivity contribution in [1.29, 1.82) is 0 Å². The van der Waals surface area contributed by atoms with Gasteiger partial charge in [0.25, 0.3) is 0 Å². The van der Waals surface area contributed by atoms with Gasteiger partial charge in [-0.15, -0.1) is 0 Å². The number of rotatable bonds is 4. The van der Waals surface area contributed by atoms with E-state index in [2.05, 4.69) is 0 Å². The Morgan fingerprint density at radius 1 is 1.39 bits per heavy atom. The SMILES string of the molecule is CN(C)C(=O)C(N)CC(=O)c1ccc(Cl)cc1N. The van der Waals surface area contributed by atoms with E-state index < -0.39 is 6.04 Å². The Bertz CT molecular complexity index is 474. The molecule has 0 aliphatic heterocycles. The molecule has 1 atom stereocenters. The number of amides is 1. The molecule has 0 saturated heterocycles. The number of hydrogen-bond donors (Lipinski definition) is 2. The third-order valence-corrected chi connectivity index (χ3v) is 2.71. The summed E-state index contributed by atoms with van der Waals surface area (Å²) in [6.07, 6.45) is -0.0805. The number of benzene rings is 1. The summed E-state index contributed by atoms with van der Waals surface area (Å²) in [5.41, 5.74) is 12.0. The van der Waals surface area contributed by atoms with Crippen molar-refractivity contribution >= 4 is 29.0 Å². The number of hydrogen-bond acceptors (Lipinski definition) is 4. The quantitative estimate of drug-likeness (QED) is 0.628. The average Bonchev–Trinajstić information content (AvgIpc) is 2.27. The van der Waals surface area contributed by atoms with Crippen LogP contribution in [0.1, 0.15) is 16.8 Å². The van der Waals surface area contributed by atoms with Crippen LogP contribution in [0.5, 0.6) is 0 Å². The molecule has 0 fully saturated rings. The van der Waals surface area contributed by atoms with Crippen LogP contribution in [0.3, 0.4) is 0 Å². The van der Waals surface area contributed by atoms with Crippen molar-refractivity contribution in [3.05, 3.63) is 28.8 Å². The highest BCUT2D eigenvalue weighted by Gasteiger charge is 2.21. The van der Waals surface area contributed by atoms with E-state index in [1.54, 1.807) is 20.2 Å². The van der Waals surface area contributed by atoms with Crippen molar-refractivity contribution in [1.82, 2.24) is 4.90 Å². The van der Waals surface area contributed by atoms with Crippen LogP contribution in [-0.2, 0) is 4.79 Å². The Balaban J connectivity index is 2.80. The Hall–Kier alpha value is -1.59. The molecule has 5 nitrogen and oxygen atoms in total. The maximum Gasteiger partial charge on any atom is 0.239 e. The molecule has 1 amide bonds. The van der Waals surface area contributed by atoms with Crippen molar-refractivity contribution in [2.75, 3.05) is 19.8 Å². The molecule has 1 unspecified atom stereocenters. The standard InChI is InChI=1S/C12H16ClN3O2/c1-16(2)12(18)10(15)6-11(17)8-4-3-7(13)5-9(8)14/h3-5,10H,6,14-15H2,1-2H3. The molecule has 4 N–H and O–H groups in total. The predicted molar refractivity (Wildman–Crippen MR) is 71.5 cm³/mol. The van der Waals surface area contributed by atoms with Crippen LogP contribution >= 0.6 is 11.6 Å². The molecule has 98 valence electrons. The second-order valence-electron chi connectivity index (χ2n) is 4.20. The number of nitrogens with zero attached hydrogens (tertiary/aromatic N) is 1. The fraction of sp³-hybridized carbons (Fsp3) is 0.333. The summed E-state index contributed by atoms with van der Waals surface area (Å²) in [6, 6.07) is 3.74. The van der Waals surface area contributed by atoms with E-state index in [1.165, 1.54) is 17.0 Å². The lowest BCUT2D eigenvalue weighted by molar-refractivity contribution is -0.130. The highest BCUT2D eigenvalue weighted by molar-refractivity contribution is 6.31. The zero-order valence-corrected chi connectivity index (χ0v) is 11.1. The number of anilines is 1. The first kappa shape index (κ1) is 14.5. The second kappa shape index (κ2) is 5.84. The van der Waals surface area contributed by atoms with Crippen molar-refractivity contribution < 1.29 is 9.59 Å². The van der Waals surface area contributed by atoms with Crippen LogP contribution < -0.4 is 11.5 Å². The monoisotopic (exact) mass is 269 g/mol. The normalized spacial score (nSPS) is 12.0. The topological polar surface area (TPSA) is 89.4 Å². The highest BCUT2D eigenvalue weighted by atomic mass is 35.5. The molecule has 0 aliphatic rings. The first-order valence-electron chi connectivity index (χ1n) is 5.38. The smallest absolute Gasteiger partial charge is 0.239 e. The van der Waals surface area contributed by atoms with Crippen LogP contribution in [0.4, 0.5) is 5.69 Å². The maximum atomic E-state index is 11.9. The summed E-state index contributed by atoms with van der Waals surface area (Å²) >= 11 is 5.74.